The first-order valence-corrected chi connectivity index (χ1v) is 10.3. The number of rotatable bonds is 8. The first-order valence-electron chi connectivity index (χ1n) is 9.13. The monoisotopic (exact) mass is 481 g/mol. The summed E-state index contributed by atoms with van der Waals surface area (Å²) in [5, 5.41) is 11.4. The molecule has 0 saturated carbocycles. The van der Waals surface area contributed by atoms with E-state index in [0.29, 0.717) is 44.4 Å². The van der Waals surface area contributed by atoms with Gasteiger partial charge in [0, 0.05) is 10.6 Å². The van der Waals surface area contributed by atoms with Gasteiger partial charge in [0.25, 0.3) is 0 Å². The summed E-state index contributed by atoms with van der Waals surface area (Å²) >= 11 is 18.5. The minimum atomic E-state index is -0.566. The molecule has 3 aromatic rings. The van der Waals surface area contributed by atoms with Gasteiger partial charge < -0.3 is 9.47 Å². The minimum Gasteiger partial charge on any atom is -0.490 e. The summed E-state index contributed by atoms with van der Waals surface area (Å²) < 4.78 is 11.6. The predicted molar refractivity (Wildman–Crippen MR) is 122 cm³/mol. The Morgan fingerprint density at radius 2 is 1.90 bits per heavy atom. The van der Waals surface area contributed by atoms with Crippen molar-refractivity contribution in [3.05, 3.63) is 72.7 Å². The number of nitrogens with zero attached hydrogens (tertiary/aromatic N) is 3. The van der Waals surface area contributed by atoms with E-state index in [4.69, 9.17) is 44.3 Å². The molecule has 2 N–H and O–H groups in total. The molecule has 31 heavy (non-hydrogen) atoms. The van der Waals surface area contributed by atoms with E-state index in [1.54, 1.807) is 43.5 Å². The molecule has 11 heteroatoms. The van der Waals surface area contributed by atoms with Gasteiger partial charge in [0.05, 0.1) is 22.9 Å². The normalized spacial score (nSPS) is 11.0. The van der Waals surface area contributed by atoms with Crippen molar-refractivity contribution < 1.29 is 9.47 Å². The van der Waals surface area contributed by atoms with Crippen LogP contribution in [0.2, 0.25) is 15.1 Å². The third kappa shape index (κ3) is 5.88. The Kier molecular flexibility index (Phi) is 7.73. The van der Waals surface area contributed by atoms with E-state index in [9.17, 15) is 4.79 Å². The van der Waals surface area contributed by atoms with E-state index >= 15 is 0 Å². The zero-order chi connectivity index (χ0) is 22.4. The fraction of sp³-hybridized carbons (Fsp3) is 0.200. The molecule has 0 amide bonds. The zero-order valence-electron chi connectivity index (χ0n) is 16.6. The maximum atomic E-state index is 11.3. The SMILES string of the molecule is CCOc1cc(/C=N\Nc2nc(=O)[nH]nc2C)ccc1OCc1c(Cl)ccc(Cl)c1Cl. The van der Waals surface area contributed by atoms with Gasteiger partial charge in [0.2, 0.25) is 0 Å². The smallest absolute Gasteiger partial charge is 0.363 e. The number of aromatic amines is 1. The van der Waals surface area contributed by atoms with Crippen LogP contribution in [0, 0.1) is 6.92 Å². The molecule has 3 rings (SSSR count). The van der Waals surface area contributed by atoms with Crippen LogP contribution in [0.3, 0.4) is 0 Å². The summed E-state index contributed by atoms with van der Waals surface area (Å²) in [5.41, 5.74) is 3.96. The van der Waals surface area contributed by atoms with Crippen molar-refractivity contribution in [1.29, 1.82) is 0 Å². The molecule has 1 aromatic heterocycles. The molecule has 0 atom stereocenters. The Balaban J connectivity index is 1.76. The van der Waals surface area contributed by atoms with Gasteiger partial charge in [0.15, 0.2) is 17.3 Å². The van der Waals surface area contributed by atoms with Crippen molar-refractivity contribution in [3.8, 4) is 11.5 Å². The van der Waals surface area contributed by atoms with Crippen molar-refractivity contribution in [3.63, 3.8) is 0 Å². The number of ether oxygens (including phenoxy) is 2. The molecule has 0 spiro atoms. The van der Waals surface area contributed by atoms with Gasteiger partial charge in [-0.3, -0.25) is 5.43 Å². The van der Waals surface area contributed by atoms with Gasteiger partial charge in [0.1, 0.15) is 12.3 Å². The number of anilines is 1. The number of halogens is 3. The van der Waals surface area contributed by atoms with Crippen LogP contribution < -0.4 is 20.6 Å². The summed E-state index contributed by atoms with van der Waals surface area (Å²) in [6, 6.07) is 8.60. The summed E-state index contributed by atoms with van der Waals surface area (Å²) in [5.74, 6) is 1.29. The van der Waals surface area contributed by atoms with Crippen LogP contribution in [-0.2, 0) is 6.61 Å². The maximum absolute atomic E-state index is 11.3. The van der Waals surface area contributed by atoms with Crippen molar-refractivity contribution in [2.75, 3.05) is 12.0 Å². The standard InChI is InChI=1S/C20H18Cl3N5O3/c1-3-30-17-8-12(9-24-27-19-11(2)26-28-20(29)25-19)4-7-16(17)31-10-13-14(21)5-6-15(22)18(13)23/h4-9H,3,10H2,1-2H3,(H2,25,27,28,29)/b24-9-. The zero-order valence-corrected chi connectivity index (χ0v) is 18.8. The lowest BCUT2D eigenvalue weighted by atomic mass is 10.2. The fourth-order valence-electron chi connectivity index (χ4n) is 2.51. The lowest BCUT2D eigenvalue weighted by Gasteiger charge is -2.14. The Morgan fingerprint density at radius 3 is 2.68 bits per heavy atom. The van der Waals surface area contributed by atoms with Crippen LogP contribution in [-0.4, -0.2) is 28.0 Å². The van der Waals surface area contributed by atoms with E-state index in [1.807, 2.05) is 6.92 Å². The molecule has 2 aromatic carbocycles. The molecule has 8 nitrogen and oxygen atoms in total. The first kappa shape index (κ1) is 22.9. The largest absolute Gasteiger partial charge is 0.490 e. The highest BCUT2D eigenvalue weighted by Crippen LogP contribution is 2.34. The minimum absolute atomic E-state index is 0.119. The van der Waals surface area contributed by atoms with Crippen molar-refractivity contribution in [2.24, 2.45) is 5.10 Å². The Hall–Kier alpha value is -2.81. The molecular formula is C20H18Cl3N5O3. The van der Waals surface area contributed by atoms with Crippen LogP contribution in [0.15, 0.2) is 40.2 Å². The molecule has 1 heterocycles. The number of hydrogen-bond donors (Lipinski definition) is 2. The van der Waals surface area contributed by atoms with Crippen LogP contribution in [0.25, 0.3) is 0 Å². The van der Waals surface area contributed by atoms with E-state index in [1.165, 1.54) is 0 Å². The number of hydrazone groups is 1. The van der Waals surface area contributed by atoms with E-state index in [-0.39, 0.29) is 12.4 Å². The van der Waals surface area contributed by atoms with Crippen molar-refractivity contribution >= 4 is 46.8 Å². The third-order valence-corrected chi connectivity index (χ3v) is 5.24. The summed E-state index contributed by atoms with van der Waals surface area (Å²) in [6.07, 6.45) is 1.55. The molecule has 0 radical (unpaired) electrons. The Labute approximate surface area is 193 Å². The Bertz CT molecular complexity index is 1170. The van der Waals surface area contributed by atoms with Gasteiger partial charge in [-0.2, -0.15) is 15.2 Å². The highest BCUT2D eigenvalue weighted by atomic mass is 35.5. The molecular weight excluding hydrogens is 465 g/mol. The number of aryl methyl sites for hydroxylation is 1. The average molecular weight is 483 g/mol. The van der Waals surface area contributed by atoms with Gasteiger partial charge in [-0.05, 0) is 49.7 Å². The topological polar surface area (TPSA) is 101 Å². The summed E-state index contributed by atoms with van der Waals surface area (Å²) in [7, 11) is 0. The molecule has 0 aliphatic heterocycles. The second-order valence-electron chi connectivity index (χ2n) is 6.19. The van der Waals surface area contributed by atoms with Crippen LogP contribution >= 0.6 is 34.8 Å². The van der Waals surface area contributed by atoms with Crippen molar-refractivity contribution in [1.82, 2.24) is 15.2 Å². The molecule has 0 fully saturated rings. The second kappa shape index (κ2) is 10.5. The van der Waals surface area contributed by atoms with E-state index < -0.39 is 5.69 Å². The predicted octanol–water partition coefficient (Wildman–Crippen LogP) is 4.86. The van der Waals surface area contributed by atoms with Crippen LogP contribution in [0.4, 0.5) is 5.82 Å². The molecule has 162 valence electrons. The van der Waals surface area contributed by atoms with Crippen molar-refractivity contribution in [2.45, 2.75) is 20.5 Å². The molecule has 0 saturated heterocycles. The van der Waals surface area contributed by atoms with E-state index in [0.717, 1.165) is 5.56 Å². The highest BCUT2D eigenvalue weighted by molar-refractivity contribution is 6.44. The lowest BCUT2D eigenvalue weighted by molar-refractivity contribution is 0.269. The van der Waals surface area contributed by atoms with Gasteiger partial charge in [-0.1, -0.05) is 34.8 Å². The van der Waals surface area contributed by atoms with Gasteiger partial charge in [-0.15, -0.1) is 0 Å². The fourth-order valence-corrected chi connectivity index (χ4v) is 3.17. The van der Waals surface area contributed by atoms with Gasteiger partial charge >= 0.3 is 5.69 Å². The molecule has 0 aliphatic carbocycles. The van der Waals surface area contributed by atoms with E-state index in [2.05, 4.69) is 25.7 Å². The van der Waals surface area contributed by atoms with Gasteiger partial charge in [-0.25, -0.2) is 9.89 Å². The Morgan fingerprint density at radius 1 is 1.13 bits per heavy atom. The third-order valence-electron chi connectivity index (χ3n) is 4.04. The summed E-state index contributed by atoms with van der Waals surface area (Å²) in [6.45, 7) is 4.12. The quantitative estimate of drug-likeness (QED) is 0.270. The van der Waals surface area contributed by atoms with Crippen LogP contribution in [0.1, 0.15) is 23.7 Å². The molecule has 0 unspecified atom stereocenters. The lowest BCUT2D eigenvalue weighted by Crippen LogP contribution is -2.15. The number of aromatic nitrogens is 3. The average Bonchev–Trinajstić information content (AvgIpc) is 2.75. The number of nitrogens with one attached hydrogen (secondary N) is 2. The highest BCUT2D eigenvalue weighted by Gasteiger charge is 2.13. The number of hydrogen-bond acceptors (Lipinski definition) is 7. The number of H-pyrrole nitrogens is 1. The first-order chi connectivity index (χ1) is 14.9. The molecule has 0 bridgehead atoms. The second-order valence-corrected chi connectivity index (χ2v) is 7.39. The number of benzene rings is 2. The van der Waals surface area contributed by atoms with Crippen LogP contribution in [0.5, 0.6) is 11.5 Å². The maximum Gasteiger partial charge on any atom is 0.363 e. The molecule has 0 aliphatic rings. The summed E-state index contributed by atoms with van der Waals surface area (Å²) in [4.78, 5) is 15.0.